The van der Waals surface area contributed by atoms with Gasteiger partial charge in [-0.05, 0) is 18.6 Å². The van der Waals surface area contributed by atoms with Gasteiger partial charge in [0.25, 0.3) is 6.43 Å². The van der Waals surface area contributed by atoms with Crippen LogP contribution in [0.25, 0.3) is 0 Å². The highest BCUT2D eigenvalue weighted by Crippen LogP contribution is 2.18. The summed E-state index contributed by atoms with van der Waals surface area (Å²) in [5.74, 6) is -1.16. The fourth-order valence-electron chi connectivity index (χ4n) is 0.921. The van der Waals surface area contributed by atoms with Crippen LogP contribution in [0.4, 0.5) is 8.78 Å². The molecular weight excluding hydrogens is 180 g/mol. The number of aromatic carboxylic acids is 1. The van der Waals surface area contributed by atoms with Crippen LogP contribution in [0.15, 0.2) is 12.3 Å². The van der Waals surface area contributed by atoms with Crippen LogP contribution in [-0.4, -0.2) is 16.1 Å². The van der Waals surface area contributed by atoms with Gasteiger partial charge in [-0.25, -0.2) is 13.6 Å². The number of aryl methyl sites for hydroxylation is 1. The predicted molar refractivity (Wildman–Crippen MR) is 40.9 cm³/mol. The van der Waals surface area contributed by atoms with Crippen LogP contribution >= 0.6 is 0 Å². The van der Waals surface area contributed by atoms with Crippen molar-refractivity contribution in [1.29, 1.82) is 0 Å². The zero-order valence-electron chi connectivity index (χ0n) is 6.79. The molecule has 0 aliphatic heterocycles. The molecule has 0 atom stereocenters. The first-order valence-corrected chi connectivity index (χ1v) is 3.50. The lowest BCUT2D eigenvalue weighted by Gasteiger charge is -2.02. The molecule has 1 aromatic rings. The molecule has 13 heavy (non-hydrogen) atoms. The molecule has 0 aliphatic carbocycles. The first-order chi connectivity index (χ1) is 6.02. The van der Waals surface area contributed by atoms with Gasteiger partial charge >= 0.3 is 5.97 Å². The van der Waals surface area contributed by atoms with E-state index in [1.54, 1.807) is 0 Å². The molecule has 0 bridgehead atoms. The lowest BCUT2D eigenvalue weighted by Crippen LogP contribution is -2.02. The largest absolute Gasteiger partial charge is 0.478 e. The van der Waals surface area contributed by atoms with Crippen LogP contribution in [0, 0.1) is 6.92 Å². The maximum Gasteiger partial charge on any atom is 0.337 e. The Hall–Kier alpha value is -1.52. The fraction of sp³-hybridized carbons (Fsp3) is 0.250. The number of alkyl halides is 2. The van der Waals surface area contributed by atoms with Crippen molar-refractivity contribution in [3.05, 3.63) is 29.1 Å². The minimum atomic E-state index is -2.67. The monoisotopic (exact) mass is 187 g/mol. The van der Waals surface area contributed by atoms with E-state index in [2.05, 4.69) is 4.98 Å². The Kier molecular flexibility index (Phi) is 2.55. The van der Waals surface area contributed by atoms with E-state index in [1.165, 1.54) is 6.92 Å². The Morgan fingerprint density at radius 1 is 1.62 bits per heavy atom. The molecule has 1 rings (SSSR count). The molecule has 1 aromatic heterocycles. The second-order valence-electron chi connectivity index (χ2n) is 2.53. The normalized spacial score (nSPS) is 10.5. The number of carboxylic acids is 1. The SMILES string of the molecule is Cc1cc(C(F)F)ncc1C(=O)O. The van der Waals surface area contributed by atoms with Crippen LogP contribution in [0.3, 0.4) is 0 Å². The zero-order chi connectivity index (χ0) is 10.0. The number of carboxylic acid groups (broad SMARTS) is 1. The van der Waals surface area contributed by atoms with Crippen molar-refractivity contribution >= 4 is 5.97 Å². The van der Waals surface area contributed by atoms with Gasteiger partial charge in [-0.15, -0.1) is 0 Å². The maximum absolute atomic E-state index is 12.1. The summed E-state index contributed by atoms with van der Waals surface area (Å²) in [4.78, 5) is 13.8. The first-order valence-electron chi connectivity index (χ1n) is 3.50. The third-order valence-electron chi connectivity index (χ3n) is 1.59. The second kappa shape index (κ2) is 3.47. The summed E-state index contributed by atoms with van der Waals surface area (Å²) in [5, 5.41) is 8.57. The Labute approximate surface area is 73.0 Å². The van der Waals surface area contributed by atoms with Gasteiger partial charge in [0.15, 0.2) is 0 Å². The summed E-state index contributed by atoms with van der Waals surface area (Å²) >= 11 is 0. The minimum Gasteiger partial charge on any atom is -0.478 e. The lowest BCUT2D eigenvalue weighted by molar-refractivity contribution is 0.0695. The highest BCUT2D eigenvalue weighted by atomic mass is 19.3. The van der Waals surface area contributed by atoms with Crippen molar-refractivity contribution in [2.24, 2.45) is 0 Å². The van der Waals surface area contributed by atoms with Gasteiger partial charge in [0.1, 0.15) is 5.69 Å². The average Bonchev–Trinajstić information content (AvgIpc) is 2.03. The van der Waals surface area contributed by atoms with Crippen molar-refractivity contribution < 1.29 is 18.7 Å². The predicted octanol–water partition coefficient (Wildman–Crippen LogP) is 2.03. The smallest absolute Gasteiger partial charge is 0.337 e. The van der Waals surface area contributed by atoms with E-state index in [9.17, 15) is 13.6 Å². The number of halogens is 2. The molecule has 3 nitrogen and oxygen atoms in total. The number of hydrogen-bond acceptors (Lipinski definition) is 2. The summed E-state index contributed by atoms with van der Waals surface area (Å²) in [5.41, 5.74) is -0.162. The fourth-order valence-corrected chi connectivity index (χ4v) is 0.921. The van der Waals surface area contributed by atoms with Crippen molar-refractivity contribution in [1.82, 2.24) is 4.98 Å². The number of nitrogens with zero attached hydrogens (tertiary/aromatic N) is 1. The molecule has 0 unspecified atom stereocenters. The van der Waals surface area contributed by atoms with E-state index in [0.29, 0.717) is 0 Å². The molecule has 0 radical (unpaired) electrons. The Morgan fingerprint density at radius 3 is 2.62 bits per heavy atom. The number of pyridine rings is 1. The third kappa shape index (κ3) is 1.99. The molecule has 1 heterocycles. The summed E-state index contributed by atoms with van der Waals surface area (Å²) < 4.78 is 24.1. The molecule has 70 valence electrons. The Bertz CT molecular complexity index is 339. The standard InChI is InChI=1S/C8H7F2NO2/c1-4-2-6(7(9)10)11-3-5(4)8(12)13/h2-3,7H,1H3,(H,12,13). The van der Waals surface area contributed by atoms with E-state index in [4.69, 9.17) is 5.11 Å². The van der Waals surface area contributed by atoms with Crippen molar-refractivity contribution in [3.63, 3.8) is 0 Å². The van der Waals surface area contributed by atoms with Gasteiger partial charge in [0, 0.05) is 6.20 Å². The molecule has 0 saturated carbocycles. The molecule has 0 saturated heterocycles. The Morgan fingerprint density at radius 2 is 2.23 bits per heavy atom. The van der Waals surface area contributed by atoms with Crippen LogP contribution in [-0.2, 0) is 0 Å². The molecular formula is C8H7F2NO2. The van der Waals surface area contributed by atoms with Gasteiger partial charge < -0.3 is 5.11 Å². The second-order valence-corrected chi connectivity index (χ2v) is 2.53. The zero-order valence-corrected chi connectivity index (χ0v) is 6.79. The van der Waals surface area contributed by atoms with E-state index in [-0.39, 0.29) is 11.1 Å². The highest BCUT2D eigenvalue weighted by Gasteiger charge is 2.13. The van der Waals surface area contributed by atoms with E-state index in [0.717, 1.165) is 12.3 Å². The van der Waals surface area contributed by atoms with Gasteiger partial charge in [-0.3, -0.25) is 4.98 Å². The summed E-state index contributed by atoms with van der Waals surface area (Å²) in [6.07, 6.45) is -1.72. The van der Waals surface area contributed by atoms with Crippen molar-refractivity contribution in [2.45, 2.75) is 13.3 Å². The summed E-state index contributed by atoms with van der Waals surface area (Å²) in [6.45, 7) is 1.46. The van der Waals surface area contributed by atoms with Crippen molar-refractivity contribution in [2.75, 3.05) is 0 Å². The van der Waals surface area contributed by atoms with Gasteiger partial charge in [-0.1, -0.05) is 0 Å². The maximum atomic E-state index is 12.1. The molecule has 0 amide bonds. The topological polar surface area (TPSA) is 50.2 Å². The molecule has 0 aliphatic rings. The number of hydrogen-bond donors (Lipinski definition) is 1. The summed E-state index contributed by atoms with van der Waals surface area (Å²) in [6, 6.07) is 1.08. The van der Waals surface area contributed by atoms with Crippen LogP contribution < -0.4 is 0 Å². The highest BCUT2D eigenvalue weighted by molar-refractivity contribution is 5.88. The van der Waals surface area contributed by atoms with Crippen LogP contribution in [0.2, 0.25) is 0 Å². The van der Waals surface area contributed by atoms with E-state index < -0.39 is 18.1 Å². The minimum absolute atomic E-state index is 0.0515. The lowest BCUT2D eigenvalue weighted by atomic mass is 10.1. The molecule has 0 aromatic carbocycles. The van der Waals surface area contributed by atoms with E-state index in [1.807, 2.05) is 0 Å². The molecule has 0 fully saturated rings. The first kappa shape index (κ1) is 9.57. The van der Waals surface area contributed by atoms with Crippen LogP contribution in [0.1, 0.15) is 28.0 Å². The van der Waals surface area contributed by atoms with E-state index >= 15 is 0 Å². The molecule has 5 heteroatoms. The van der Waals surface area contributed by atoms with Gasteiger partial charge in [0.2, 0.25) is 0 Å². The Balaban J connectivity index is 3.13. The third-order valence-corrected chi connectivity index (χ3v) is 1.59. The summed E-state index contributed by atoms with van der Waals surface area (Å²) in [7, 11) is 0. The van der Waals surface area contributed by atoms with Gasteiger partial charge in [0.05, 0.1) is 5.56 Å². The molecule has 0 spiro atoms. The quantitative estimate of drug-likeness (QED) is 0.770. The van der Waals surface area contributed by atoms with Crippen molar-refractivity contribution in [3.8, 4) is 0 Å². The average molecular weight is 187 g/mol. The number of aromatic nitrogens is 1. The number of carbonyl (C=O) groups is 1. The van der Waals surface area contributed by atoms with Crippen LogP contribution in [0.5, 0.6) is 0 Å². The number of rotatable bonds is 2. The molecule has 1 N–H and O–H groups in total. The van der Waals surface area contributed by atoms with Gasteiger partial charge in [-0.2, -0.15) is 0 Å².